The number of oxime groups is 1. The summed E-state index contributed by atoms with van der Waals surface area (Å²) in [5, 5.41) is 15.8. The molecule has 0 fully saturated rings. The molecule has 6 heteroatoms. The minimum atomic E-state index is -0.656. The summed E-state index contributed by atoms with van der Waals surface area (Å²) >= 11 is 6.21. The zero-order valence-electron chi connectivity index (χ0n) is 19.7. The molecule has 34 heavy (non-hydrogen) atoms. The summed E-state index contributed by atoms with van der Waals surface area (Å²) in [4.78, 5) is 7.98. The molecule has 1 heterocycles. The predicted octanol–water partition coefficient (Wildman–Crippen LogP) is 5.39. The molecule has 4 rings (SSSR count). The Morgan fingerprint density at radius 2 is 1.82 bits per heavy atom. The molecule has 0 aromatic heterocycles. The summed E-state index contributed by atoms with van der Waals surface area (Å²) in [6.07, 6.45) is -0.0117. The van der Waals surface area contributed by atoms with Crippen molar-refractivity contribution in [2.45, 2.75) is 39.0 Å². The Balaban J connectivity index is 1.40. The molecular formula is C28H31ClN2O3. The molecule has 1 aliphatic rings. The summed E-state index contributed by atoms with van der Waals surface area (Å²) in [7, 11) is 0. The Morgan fingerprint density at radius 3 is 2.59 bits per heavy atom. The van der Waals surface area contributed by atoms with E-state index in [1.54, 1.807) is 0 Å². The molecule has 0 amide bonds. The number of aliphatic hydroxyl groups excluding tert-OH is 1. The second kappa shape index (κ2) is 11.5. The Morgan fingerprint density at radius 1 is 1.06 bits per heavy atom. The van der Waals surface area contributed by atoms with Crippen molar-refractivity contribution in [3.05, 3.63) is 100 Å². The van der Waals surface area contributed by atoms with E-state index < -0.39 is 6.10 Å². The largest absolute Gasteiger partial charge is 0.491 e. The van der Waals surface area contributed by atoms with Gasteiger partial charge in [-0.2, -0.15) is 0 Å². The van der Waals surface area contributed by atoms with Gasteiger partial charge in [0.1, 0.15) is 24.6 Å². The fourth-order valence-electron chi connectivity index (χ4n) is 4.22. The third kappa shape index (κ3) is 6.60. The maximum atomic E-state index is 10.8. The molecule has 3 aromatic rings. The van der Waals surface area contributed by atoms with Crippen molar-refractivity contribution in [3.63, 3.8) is 0 Å². The summed E-state index contributed by atoms with van der Waals surface area (Å²) in [6.45, 7) is 6.01. The van der Waals surface area contributed by atoms with Gasteiger partial charge in [0.25, 0.3) is 0 Å². The zero-order valence-corrected chi connectivity index (χ0v) is 20.4. The molecule has 1 N–H and O–H groups in total. The summed E-state index contributed by atoms with van der Waals surface area (Å²) in [6, 6.07) is 23.8. The monoisotopic (exact) mass is 478 g/mol. The van der Waals surface area contributed by atoms with Crippen LogP contribution in [-0.4, -0.2) is 47.6 Å². The normalized spacial score (nSPS) is 16.3. The lowest BCUT2D eigenvalue weighted by molar-refractivity contribution is 0.0212. The first-order chi connectivity index (χ1) is 16.5. The lowest BCUT2D eigenvalue weighted by Crippen LogP contribution is -2.39. The number of aliphatic hydroxyl groups is 1. The fourth-order valence-corrected chi connectivity index (χ4v) is 4.44. The molecule has 0 saturated carbocycles. The highest BCUT2D eigenvalue weighted by molar-refractivity contribution is 6.30. The Hall–Kier alpha value is -2.86. The van der Waals surface area contributed by atoms with E-state index in [1.165, 1.54) is 5.56 Å². The first-order valence-corrected chi connectivity index (χ1v) is 12.0. The number of rotatable bonds is 10. The maximum Gasteiger partial charge on any atom is 0.145 e. The van der Waals surface area contributed by atoms with Crippen LogP contribution in [0.1, 0.15) is 28.7 Å². The van der Waals surface area contributed by atoms with Gasteiger partial charge in [-0.1, -0.05) is 71.4 Å². The summed E-state index contributed by atoms with van der Waals surface area (Å²) in [5.41, 5.74) is 5.40. The highest BCUT2D eigenvalue weighted by atomic mass is 35.5. The van der Waals surface area contributed by atoms with Gasteiger partial charge in [-0.05, 0) is 48.7 Å². The molecule has 3 aromatic carbocycles. The predicted molar refractivity (Wildman–Crippen MR) is 137 cm³/mol. The highest BCUT2D eigenvalue weighted by Gasteiger charge is 2.26. The lowest BCUT2D eigenvalue weighted by Gasteiger charge is -2.27. The van der Waals surface area contributed by atoms with Crippen LogP contribution in [0.5, 0.6) is 5.75 Å². The van der Waals surface area contributed by atoms with Crippen LogP contribution in [0.3, 0.4) is 0 Å². The molecule has 0 saturated heterocycles. The van der Waals surface area contributed by atoms with E-state index in [0.29, 0.717) is 24.7 Å². The molecule has 0 spiro atoms. The standard InChI is InChI=1S/C28H31ClN2O3/c1-20-8-3-5-12-26(20)27-15-25(34-30-27)18-31(16-22-10-7-11-23(29)14-22)17-24(32)19-33-28-13-6-4-9-21(28)2/h3-14,24-25,32H,15-19H2,1-2H3/t24-,25-/m1/s1. The maximum absolute atomic E-state index is 10.8. The quantitative estimate of drug-likeness (QED) is 0.424. The molecule has 5 nitrogen and oxygen atoms in total. The number of hydrogen-bond acceptors (Lipinski definition) is 5. The molecule has 0 radical (unpaired) electrons. The molecule has 178 valence electrons. The zero-order chi connectivity index (χ0) is 23.9. The Bertz CT molecular complexity index is 1130. The topological polar surface area (TPSA) is 54.3 Å². The van der Waals surface area contributed by atoms with Crippen LogP contribution in [0, 0.1) is 13.8 Å². The van der Waals surface area contributed by atoms with Gasteiger partial charge in [0.05, 0.1) is 5.71 Å². The van der Waals surface area contributed by atoms with Crippen LogP contribution in [0.25, 0.3) is 0 Å². The number of benzene rings is 3. The second-order valence-electron chi connectivity index (χ2n) is 8.84. The van der Waals surface area contributed by atoms with E-state index in [9.17, 15) is 5.11 Å². The number of halogens is 1. The summed E-state index contributed by atoms with van der Waals surface area (Å²) in [5.74, 6) is 0.790. The van der Waals surface area contributed by atoms with E-state index in [2.05, 4.69) is 29.1 Å². The molecule has 0 bridgehead atoms. The van der Waals surface area contributed by atoms with Crippen molar-refractivity contribution in [2.75, 3.05) is 19.7 Å². The molecular weight excluding hydrogens is 448 g/mol. The van der Waals surface area contributed by atoms with Crippen LogP contribution in [0.2, 0.25) is 5.02 Å². The third-order valence-electron chi connectivity index (χ3n) is 5.94. The van der Waals surface area contributed by atoms with Crippen molar-refractivity contribution in [2.24, 2.45) is 5.16 Å². The first-order valence-electron chi connectivity index (χ1n) is 11.6. The Labute approximate surface area is 206 Å². The third-order valence-corrected chi connectivity index (χ3v) is 6.17. The van der Waals surface area contributed by atoms with E-state index in [0.717, 1.165) is 34.6 Å². The first kappa shape index (κ1) is 24.3. The van der Waals surface area contributed by atoms with Gasteiger partial charge in [-0.25, -0.2) is 0 Å². The van der Waals surface area contributed by atoms with Crippen LogP contribution >= 0.6 is 11.6 Å². The van der Waals surface area contributed by atoms with Crippen molar-refractivity contribution in [1.82, 2.24) is 4.90 Å². The van der Waals surface area contributed by atoms with Gasteiger partial charge < -0.3 is 14.7 Å². The van der Waals surface area contributed by atoms with Gasteiger partial charge in [0.2, 0.25) is 0 Å². The molecule has 0 aliphatic carbocycles. The second-order valence-corrected chi connectivity index (χ2v) is 9.28. The van der Waals surface area contributed by atoms with E-state index in [-0.39, 0.29) is 12.7 Å². The number of nitrogens with zero attached hydrogens (tertiary/aromatic N) is 2. The van der Waals surface area contributed by atoms with Gasteiger partial charge >= 0.3 is 0 Å². The van der Waals surface area contributed by atoms with Crippen LogP contribution in [0.4, 0.5) is 0 Å². The van der Waals surface area contributed by atoms with Crippen molar-refractivity contribution in [3.8, 4) is 5.75 Å². The van der Waals surface area contributed by atoms with Crippen LogP contribution in [0.15, 0.2) is 78.0 Å². The lowest BCUT2D eigenvalue weighted by atomic mass is 10.00. The van der Waals surface area contributed by atoms with Gasteiger partial charge in [0, 0.05) is 36.6 Å². The van der Waals surface area contributed by atoms with E-state index in [4.69, 9.17) is 21.2 Å². The smallest absolute Gasteiger partial charge is 0.145 e. The Kier molecular flexibility index (Phi) is 8.22. The average molecular weight is 479 g/mol. The fraction of sp³-hybridized carbons (Fsp3) is 0.321. The van der Waals surface area contributed by atoms with Crippen molar-refractivity contribution >= 4 is 17.3 Å². The van der Waals surface area contributed by atoms with Crippen molar-refractivity contribution in [1.29, 1.82) is 0 Å². The highest BCUT2D eigenvalue weighted by Crippen LogP contribution is 2.22. The number of aryl methyl sites for hydroxylation is 2. The number of ether oxygens (including phenoxy) is 1. The molecule has 0 unspecified atom stereocenters. The number of hydrogen-bond donors (Lipinski definition) is 1. The van der Waals surface area contributed by atoms with Gasteiger partial charge in [-0.3, -0.25) is 4.90 Å². The molecule has 1 aliphatic heterocycles. The van der Waals surface area contributed by atoms with Crippen LogP contribution in [-0.2, 0) is 11.4 Å². The number of para-hydroxylation sites is 1. The van der Waals surface area contributed by atoms with Crippen molar-refractivity contribution < 1.29 is 14.7 Å². The van der Waals surface area contributed by atoms with Gasteiger partial charge in [-0.15, -0.1) is 0 Å². The van der Waals surface area contributed by atoms with E-state index in [1.807, 2.05) is 67.6 Å². The minimum Gasteiger partial charge on any atom is -0.491 e. The van der Waals surface area contributed by atoms with Gasteiger partial charge in [0.15, 0.2) is 0 Å². The summed E-state index contributed by atoms with van der Waals surface area (Å²) < 4.78 is 5.88. The minimum absolute atomic E-state index is 0.0849. The van der Waals surface area contributed by atoms with Crippen LogP contribution < -0.4 is 4.74 Å². The SMILES string of the molecule is Cc1ccccc1OC[C@H](O)CN(Cc1cccc(Cl)c1)C[C@H]1CC(c2ccccc2C)=NO1. The molecule has 2 atom stereocenters. The average Bonchev–Trinajstić information content (AvgIpc) is 3.27. The van der Waals surface area contributed by atoms with E-state index >= 15 is 0 Å².